The molecule has 0 bridgehead atoms. The highest BCUT2D eigenvalue weighted by Crippen LogP contribution is 2.57. The van der Waals surface area contributed by atoms with E-state index in [1.807, 2.05) is 11.3 Å². The molecule has 9 aromatic carbocycles. The van der Waals surface area contributed by atoms with Gasteiger partial charge in [0, 0.05) is 53.1 Å². The highest BCUT2D eigenvalue weighted by molar-refractivity contribution is 7.26. The van der Waals surface area contributed by atoms with Crippen molar-refractivity contribution in [1.82, 2.24) is 9.13 Å². The summed E-state index contributed by atoms with van der Waals surface area (Å²) >= 11 is 1.88. The molecule has 12 aromatic rings. The number of hydrogen-bond donors (Lipinski definition) is 0. The Morgan fingerprint density at radius 2 is 0.966 bits per heavy atom. The van der Waals surface area contributed by atoms with Gasteiger partial charge in [-0.05, 0) is 88.0 Å². The number of thiophene rings is 1. The van der Waals surface area contributed by atoms with E-state index < -0.39 is 5.41 Å². The molecule has 0 unspecified atom stereocenters. The van der Waals surface area contributed by atoms with Crippen molar-refractivity contribution >= 4 is 75.1 Å². The second kappa shape index (κ2) is 11.9. The molecule has 3 heteroatoms. The van der Waals surface area contributed by atoms with Crippen LogP contribution in [0.15, 0.2) is 206 Å². The van der Waals surface area contributed by atoms with Gasteiger partial charge in [-0.25, -0.2) is 0 Å². The third-order valence-electron chi connectivity index (χ3n) is 12.8. The standard InChI is InChI=1S/C55H34N2S/c1-4-16-35(17-5-1)55(36-18-6-2-7-19-36)46-25-13-10-22-39(46)40-29-28-38(32-47(40)55)56-48-26-14-11-23-41(48)44-33-45-42-30-31-52-53(43-24-12-15-27-51(43)58-52)54(42)57(50(45)34-49(44)56)37-20-8-3-9-21-37/h1-34H. The summed E-state index contributed by atoms with van der Waals surface area (Å²) in [7, 11) is 0. The quantitative estimate of drug-likeness (QED) is 0.169. The van der Waals surface area contributed by atoms with Crippen LogP contribution in [0.2, 0.25) is 0 Å². The molecule has 270 valence electrons. The summed E-state index contributed by atoms with van der Waals surface area (Å²) in [5.74, 6) is 0. The Hall–Kier alpha value is -7.20. The molecule has 1 aliphatic carbocycles. The predicted octanol–water partition coefficient (Wildman–Crippen LogP) is 14.6. The summed E-state index contributed by atoms with van der Waals surface area (Å²) in [6, 6.07) is 76.7. The average Bonchev–Trinajstić information content (AvgIpc) is 4.01. The Bertz CT molecular complexity index is 3570. The van der Waals surface area contributed by atoms with Crippen molar-refractivity contribution < 1.29 is 0 Å². The summed E-state index contributed by atoms with van der Waals surface area (Å²) < 4.78 is 7.66. The largest absolute Gasteiger partial charge is 0.309 e. The summed E-state index contributed by atoms with van der Waals surface area (Å²) in [6.07, 6.45) is 0. The number of benzene rings is 9. The minimum Gasteiger partial charge on any atom is -0.309 e. The molecular formula is C55H34N2S. The van der Waals surface area contributed by atoms with Gasteiger partial charge >= 0.3 is 0 Å². The Labute approximate surface area is 339 Å². The maximum atomic E-state index is 2.52. The lowest BCUT2D eigenvalue weighted by molar-refractivity contribution is 0.767. The maximum Gasteiger partial charge on any atom is 0.0714 e. The Kier molecular flexibility index (Phi) is 6.56. The van der Waals surface area contributed by atoms with Crippen LogP contribution in [0.5, 0.6) is 0 Å². The Morgan fingerprint density at radius 3 is 1.76 bits per heavy atom. The number of aromatic nitrogens is 2. The number of hydrogen-bond acceptors (Lipinski definition) is 1. The van der Waals surface area contributed by atoms with Gasteiger partial charge in [-0.15, -0.1) is 11.3 Å². The van der Waals surface area contributed by atoms with Gasteiger partial charge in [0.05, 0.1) is 27.5 Å². The molecule has 0 saturated carbocycles. The first-order chi connectivity index (χ1) is 28.8. The smallest absolute Gasteiger partial charge is 0.0714 e. The third-order valence-corrected chi connectivity index (χ3v) is 13.9. The molecule has 0 spiro atoms. The van der Waals surface area contributed by atoms with Crippen molar-refractivity contribution in [2.75, 3.05) is 0 Å². The van der Waals surface area contributed by atoms with E-state index in [0.29, 0.717) is 0 Å². The maximum absolute atomic E-state index is 2.52. The fraction of sp³-hybridized carbons (Fsp3) is 0.0182. The highest BCUT2D eigenvalue weighted by atomic mass is 32.1. The van der Waals surface area contributed by atoms with Crippen LogP contribution in [0.1, 0.15) is 22.3 Å². The molecule has 0 fully saturated rings. The molecule has 1 aliphatic rings. The minimum absolute atomic E-state index is 0.481. The highest BCUT2D eigenvalue weighted by Gasteiger charge is 2.46. The molecule has 0 atom stereocenters. The number of fused-ring (bicyclic) bond motifs is 13. The Balaban J connectivity index is 1.16. The number of nitrogens with zero attached hydrogens (tertiary/aromatic N) is 2. The first-order valence-electron chi connectivity index (χ1n) is 20.0. The summed E-state index contributed by atoms with van der Waals surface area (Å²) in [5, 5.41) is 7.69. The van der Waals surface area contributed by atoms with E-state index >= 15 is 0 Å². The fourth-order valence-corrected chi connectivity index (χ4v) is 11.6. The zero-order valence-electron chi connectivity index (χ0n) is 31.4. The average molecular weight is 755 g/mol. The molecule has 0 N–H and O–H groups in total. The van der Waals surface area contributed by atoms with E-state index in [2.05, 4.69) is 215 Å². The van der Waals surface area contributed by atoms with Gasteiger partial charge in [-0.3, -0.25) is 0 Å². The van der Waals surface area contributed by atoms with Gasteiger partial charge in [-0.1, -0.05) is 152 Å². The van der Waals surface area contributed by atoms with Gasteiger partial charge in [0.25, 0.3) is 0 Å². The first-order valence-corrected chi connectivity index (χ1v) is 20.8. The molecule has 13 rings (SSSR count). The van der Waals surface area contributed by atoms with Crippen molar-refractivity contribution in [2.45, 2.75) is 5.41 Å². The summed E-state index contributed by atoms with van der Waals surface area (Å²) in [4.78, 5) is 0. The lowest BCUT2D eigenvalue weighted by Crippen LogP contribution is -2.28. The van der Waals surface area contributed by atoms with Crippen molar-refractivity contribution in [3.8, 4) is 22.5 Å². The zero-order valence-corrected chi connectivity index (χ0v) is 32.2. The van der Waals surface area contributed by atoms with E-state index in [9.17, 15) is 0 Å². The Morgan fingerprint density at radius 1 is 0.345 bits per heavy atom. The van der Waals surface area contributed by atoms with E-state index in [4.69, 9.17) is 0 Å². The van der Waals surface area contributed by atoms with Gasteiger partial charge in [0.1, 0.15) is 0 Å². The van der Waals surface area contributed by atoms with E-state index in [1.54, 1.807) is 0 Å². The first kappa shape index (κ1) is 31.9. The van der Waals surface area contributed by atoms with Crippen molar-refractivity contribution in [3.05, 3.63) is 229 Å². The van der Waals surface area contributed by atoms with Crippen molar-refractivity contribution in [2.24, 2.45) is 0 Å². The minimum atomic E-state index is -0.481. The zero-order chi connectivity index (χ0) is 38.0. The van der Waals surface area contributed by atoms with Crippen LogP contribution < -0.4 is 0 Å². The SMILES string of the molecule is c1ccc(-n2c3cc4c(cc3c3ccc5sc6ccccc6c5c32)c2ccccc2n4-c2ccc3c(c2)C(c2ccccc2)(c2ccccc2)c2ccccc2-3)cc1. The molecule has 0 saturated heterocycles. The molecule has 2 nitrogen and oxygen atoms in total. The monoisotopic (exact) mass is 754 g/mol. The second-order valence-electron chi connectivity index (χ2n) is 15.6. The topological polar surface area (TPSA) is 9.86 Å². The molecule has 0 aliphatic heterocycles. The van der Waals surface area contributed by atoms with Crippen molar-refractivity contribution in [1.29, 1.82) is 0 Å². The van der Waals surface area contributed by atoms with Crippen LogP contribution in [-0.2, 0) is 5.41 Å². The molecule has 3 heterocycles. The van der Waals surface area contributed by atoms with Crippen LogP contribution in [-0.4, -0.2) is 9.13 Å². The van der Waals surface area contributed by atoms with Crippen molar-refractivity contribution in [3.63, 3.8) is 0 Å². The van der Waals surface area contributed by atoms with Crippen LogP contribution in [0.3, 0.4) is 0 Å². The van der Waals surface area contributed by atoms with E-state index in [0.717, 1.165) is 11.4 Å². The fourth-order valence-electron chi connectivity index (χ4n) is 10.5. The molecule has 58 heavy (non-hydrogen) atoms. The second-order valence-corrected chi connectivity index (χ2v) is 16.7. The van der Waals surface area contributed by atoms with E-state index in [-0.39, 0.29) is 0 Å². The molecule has 3 aromatic heterocycles. The number of para-hydroxylation sites is 2. The molecule has 0 radical (unpaired) electrons. The van der Waals surface area contributed by atoms with Crippen LogP contribution >= 0.6 is 11.3 Å². The van der Waals surface area contributed by atoms with Crippen LogP contribution in [0, 0.1) is 0 Å². The van der Waals surface area contributed by atoms with Gasteiger partial charge in [-0.2, -0.15) is 0 Å². The van der Waals surface area contributed by atoms with Gasteiger partial charge in [0.15, 0.2) is 0 Å². The van der Waals surface area contributed by atoms with E-state index in [1.165, 1.54) is 97.2 Å². The van der Waals surface area contributed by atoms with Gasteiger partial charge in [0.2, 0.25) is 0 Å². The summed E-state index contributed by atoms with van der Waals surface area (Å²) in [5.41, 5.74) is 14.5. The van der Waals surface area contributed by atoms with Crippen LogP contribution in [0.25, 0.3) is 86.3 Å². The normalized spacial score (nSPS) is 13.3. The van der Waals surface area contributed by atoms with Gasteiger partial charge < -0.3 is 9.13 Å². The lowest BCUT2D eigenvalue weighted by atomic mass is 9.67. The number of rotatable bonds is 4. The predicted molar refractivity (Wildman–Crippen MR) is 245 cm³/mol. The van der Waals surface area contributed by atoms with Crippen LogP contribution in [0.4, 0.5) is 0 Å². The molecule has 0 amide bonds. The molecular weight excluding hydrogens is 721 g/mol. The lowest BCUT2D eigenvalue weighted by Gasteiger charge is -2.34. The third kappa shape index (κ3) is 4.16. The summed E-state index contributed by atoms with van der Waals surface area (Å²) in [6.45, 7) is 0.